The van der Waals surface area contributed by atoms with Gasteiger partial charge in [0.05, 0.1) is 17.0 Å². The molecule has 6 heteroatoms. The van der Waals surface area contributed by atoms with Crippen molar-refractivity contribution >= 4 is 15.9 Å². The van der Waals surface area contributed by atoms with Crippen molar-refractivity contribution < 1.29 is 13.2 Å². The molecule has 0 saturated carbocycles. The highest BCUT2D eigenvalue weighted by molar-refractivity contribution is 9.11. The zero-order chi connectivity index (χ0) is 11.5. The van der Waals surface area contributed by atoms with Crippen LogP contribution in [0.2, 0.25) is 0 Å². The molecule has 0 aromatic carbocycles. The summed E-state index contributed by atoms with van der Waals surface area (Å²) < 4.78 is 36.5. The minimum absolute atomic E-state index is 0.0652. The molecule has 4 N–H and O–H groups in total. The Labute approximate surface area is 88.3 Å². The average Bonchev–Trinajstić information content (AvgIpc) is 2.00. The first-order chi connectivity index (χ1) is 6.16. The van der Waals surface area contributed by atoms with Crippen molar-refractivity contribution in [2.24, 2.45) is 11.5 Å². The van der Waals surface area contributed by atoms with Gasteiger partial charge in [0.1, 0.15) is 0 Å². The van der Waals surface area contributed by atoms with Crippen LogP contribution in [0.4, 0.5) is 13.2 Å². The lowest BCUT2D eigenvalue weighted by atomic mass is 10.2. The molecule has 0 aliphatic carbocycles. The van der Waals surface area contributed by atoms with E-state index in [0.717, 1.165) is 0 Å². The predicted octanol–water partition coefficient (Wildman–Crippen LogP) is 2.53. The Hall–Kier alpha value is -0.910. The fraction of sp³-hybridized carbons (Fsp3) is 0.250. The Morgan fingerprint density at radius 3 is 2.07 bits per heavy atom. The van der Waals surface area contributed by atoms with E-state index in [4.69, 9.17) is 11.5 Å². The largest absolute Gasteiger partial charge is 0.415 e. The first-order valence-corrected chi connectivity index (χ1v) is 4.31. The van der Waals surface area contributed by atoms with Gasteiger partial charge in [-0.15, -0.1) is 0 Å². The summed E-state index contributed by atoms with van der Waals surface area (Å²) in [7, 11) is 0. The van der Waals surface area contributed by atoms with Gasteiger partial charge in [0.25, 0.3) is 0 Å². The van der Waals surface area contributed by atoms with Crippen LogP contribution in [0.1, 0.15) is 6.92 Å². The number of allylic oxidation sites excluding steroid dienone is 3. The smallest absolute Gasteiger partial charge is 0.397 e. The molecule has 0 aromatic rings. The molecule has 0 amide bonds. The Morgan fingerprint density at radius 2 is 1.79 bits per heavy atom. The second-order valence-corrected chi connectivity index (χ2v) is 3.76. The van der Waals surface area contributed by atoms with Gasteiger partial charge in [-0.25, -0.2) is 0 Å². The molecule has 0 atom stereocenters. The van der Waals surface area contributed by atoms with Gasteiger partial charge >= 0.3 is 6.18 Å². The average molecular weight is 271 g/mol. The van der Waals surface area contributed by atoms with Crippen molar-refractivity contribution in [3.8, 4) is 0 Å². The molecule has 0 aliphatic heterocycles. The van der Waals surface area contributed by atoms with E-state index in [1.807, 2.05) is 0 Å². The molecule has 14 heavy (non-hydrogen) atoms. The molecule has 0 rings (SSSR count). The Kier molecular flexibility index (Phi) is 4.25. The Bertz CT molecular complexity index is 298. The Balaban J connectivity index is 4.89. The normalized spacial score (nSPS) is 15.1. The third-order valence-corrected chi connectivity index (χ3v) is 1.80. The van der Waals surface area contributed by atoms with E-state index >= 15 is 0 Å². The van der Waals surface area contributed by atoms with Gasteiger partial charge in [-0.1, -0.05) is 22.5 Å². The molecule has 0 heterocycles. The third kappa shape index (κ3) is 3.87. The summed E-state index contributed by atoms with van der Waals surface area (Å²) in [5.74, 6) is 0. The van der Waals surface area contributed by atoms with E-state index in [-0.39, 0.29) is 11.4 Å². The van der Waals surface area contributed by atoms with Crippen LogP contribution < -0.4 is 11.5 Å². The molecule has 0 unspecified atom stereocenters. The molecule has 0 aromatic heterocycles. The Morgan fingerprint density at radius 1 is 1.36 bits per heavy atom. The van der Waals surface area contributed by atoms with Crippen molar-refractivity contribution in [3.63, 3.8) is 0 Å². The fourth-order valence-corrected chi connectivity index (χ4v) is 0.775. The minimum Gasteiger partial charge on any atom is -0.397 e. The van der Waals surface area contributed by atoms with Gasteiger partial charge < -0.3 is 11.5 Å². The maximum absolute atomic E-state index is 12.0. The number of nitrogens with two attached hydrogens (primary N) is 2. The van der Waals surface area contributed by atoms with Crippen LogP contribution in [0, 0.1) is 0 Å². The molecule has 80 valence electrons. The van der Waals surface area contributed by atoms with Gasteiger partial charge in [-0.05, 0) is 13.0 Å². The van der Waals surface area contributed by atoms with Gasteiger partial charge in [-0.2, -0.15) is 13.2 Å². The summed E-state index contributed by atoms with van der Waals surface area (Å²) in [5.41, 5.74) is 9.55. The third-order valence-electron chi connectivity index (χ3n) is 1.38. The standard InChI is InChI=1S/C8H10BrF3N2/c1-4(8(10,11)12)3-6(13)7(14)5(2)9/h3H,1,13-14H2,2H3/b6-3+,7-5-. The fourth-order valence-electron chi connectivity index (χ4n) is 0.546. The van der Waals surface area contributed by atoms with Gasteiger partial charge in [0.15, 0.2) is 0 Å². The molecule has 0 aliphatic rings. The molecule has 0 radical (unpaired) electrons. The van der Waals surface area contributed by atoms with E-state index < -0.39 is 11.7 Å². The molecular weight excluding hydrogens is 261 g/mol. The number of hydrogen-bond donors (Lipinski definition) is 2. The van der Waals surface area contributed by atoms with Crippen LogP contribution in [-0.4, -0.2) is 6.18 Å². The van der Waals surface area contributed by atoms with Crippen molar-refractivity contribution in [1.82, 2.24) is 0 Å². The maximum Gasteiger partial charge on any atom is 0.415 e. The maximum atomic E-state index is 12.0. The molecule has 2 nitrogen and oxygen atoms in total. The van der Waals surface area contributed by atoms with E-state index in [2.05, 4.69) is 22.5 Å². The van der Waals surface area contributed by atoms with Crippen LogP contribution in [0.3, 0.4) is 0 Å². The first-order valence-electron chi connectivity index (χ1n) is 3.51. The summed E-state index contributed by atoms with van der Waals surface area (Å²) >= 11 is 3.00. The minimum atomic E-state index is -4.48. The number of halogens is 4. The summed E-state index contributed by atoms with van der Waals surface area (Å²) in [5, 5.41) is 0. The topological polar surface area (TPSA) is 52.0 Å². The second kappa shape index (κ2) is 4.54. The molecular formula is C8H10BrF3N2. The SMILES string of the molecule is C=C(/C=C(N)\C(N)=C(/C)Br)C(F)(F)F. The zero-order valence-electron chi connectivity index (χ0n) is 7.45. The highest BCUT2D eigenvalue weighted by Gasteiger charge is 2.30. The van der Waals surface area contributed by atoms with E-state index in [1.54, 1.807) is 6.92 Å². The second-order valence-electron chi connectivity index (χ2n) is 2.57. The molecule has 0 spiro atoms. The van der Waals surface area contributed by atoms with Crippen LogP contribution in [0.15, 0.2) is 34.1 Å². The van der Waals surface area contributed by atoms with E-state index in [1.165, 1.54) is 0 Å². The van der Waals surface area contributed by atoms with Crippen LogP contribution in [0.25, 0.3) is 0 Å². The van der Waals surface area contributed by atoms with Crippen molar-refractivity contribution in [3.05, 3.63) is 34.1 Å². The highest BCUT2D eigenvalue weighted by atomic mass is 79.9. The van der Waals surface area contributed by atoms with E-state index in [0.29, 0.717) is 10.6 Å². The highest BCUT2D eigenvalue weighted by Crippen LogP contribution is 2.26. The number of alkyl halides is 3. The van der Waals surface area contributed by atoms with Gasteiger partial charge in [0, 0.05) is 4.48 Å². The lowest BCUT2D eigenvalue weighted by Gasteiger charge is -2.08. The quantitative estimate of drug-likeness (QED) is 0.758. The first kappa shape index (κ1) is 13.1. The molecule has 0 saturated heterocycles. The number of rotatable bonds is 2. The zero-order valence-corrected chi connectivity index (χ0v) is 9.04. The van der Waals surface area contributed by atoms with Crippen LogP contribution >= 0.6 is 15.9 Å². The van der Waals surface area contributed by atoms with Crippen molar-refractivity contribution in [1.29, 1.82) is 0 Å². The summed E-state index contributed by atoms with van der Waals surface area (Å²) in [4.78, 5) is 0. The monoisotopic (exact) mass is 270 g/mol. The lowest BCUT2D eigenvalue weighted by molar-refractivity contribution is -0.0878. The molecule has 0 bridgehead atoms. The van der Waals surface area contributed by atoms with Crippen LogP contribution in [0.5, 0.6) is 0 Å². The molecule has 0 fully saturated rings. The predicted molar refractivity (Wildman–Crippen MR) is 53.3 cm³/mol. The summed E-state index contributed by atoms with van der Waals surface area (Å²) in [6.07, 6.45) is -3.79. The van der Waals surface area contributed by atoms with Crippen LogP contribution in [-0.2, 0) is 0 Å². The summed E-state index contributed by atoms with van der Waals surface area (Å²) in [6.45, 7) is 4.41. The lowest BCUT2D eigenvalue weighted by Crippen LogP contribution is -2.14. The van der Waals surface area contributed by atoms with Gasteiger partial charge in [0.2, 0.25) is 0 Å². The summed E-state index contributed by atoms with van der Waals surface area (Å²) in [6, 6.07) is 0. The van der Waals surface area contributed by atoms with E-state index in [9.17, 15) is 13.2 Å². The van der Waals surface area contributed by atoms with Gasteiger partial charge in [-0.3, -0.25) is 0 Å². The van der Waals surface area contributed by atoms with Crippen molar-refractivity contribution in [2.75, 3.05) is 0 Å². The number of hydrogen-bond acceptors (Lipinski definition) is 2. The van der Waals surface area contributed by atoms with Crippen molar-refractivity contribution in [2.45, 2.75) is 13.1 Å².